The molecule has 0 fully saturated rings. The minimum absolute atomic E-state index is 0.125. The number of phenolic OH excluding ortho intramolecular Hbond substituents is 2. The number of unbranched alkanes of at least 4 members (excludes halogenated alkanes) is 3. The summed E-state index contributed by atoms with van der Waals surface area (Å²) in [5, 5.41) is 18.6. The Hall–Kier alpha value is -0.848. The van der Waals surface area contributed by atoms with E-state index >= 15 is 0 Å². The van der Waals surface area contributed by atoms with E-state index in [4.69, 9.17) is 8.91 Å². The van der Waals surface area contributed by atoms with Crippen LogP contribution in [0.1, 0.15) is 38.2 Å². The summed E-state index contributed by atoms with van der Waals surface area (Å²) in [6.45, 7) is 2.18. The SMILES string of the molecule is CCCCCCc1ccc(O)cc1O.[O]=[Al]. The third-order valence-corrected chi connectivity index (χ3v) is 2.37. The fourth-order valence-corrected chi connectivity index (χ4v) is 1.51. The van der Waals surface area contributed by atoms with Crippen molar-refractivity contribution >= 4 is 16.2 Å². The van der Waals surface area contributed by atoms with Gasteiger partial charge in [-0.1, -0.05) is 32.3 Å². The van der Waals surface area contributed by atoms with Gasteiger partial charge in [-0.3, -0.25) is 0 Å². The maximum atomic E-state index is 9.49. The Kier molecular flexibility index (Phi) is 8.89. The van der Waals surface area contributed by atoms with Crippen molar-refractivity contribution in [3.05, 3.63) is 23.8 Å². The van der Waals surface area contributed by atoms with Gasteiger partial charge in [-0.15, -0.1) is 0 Å². The number of aryl methyl sites for hydroxylation is 1. The van der Waals surface area contributed by atoms with E-state index in [1.54, 1.807) is 12.1 Å². The van der Waals surface area contributed by atoms with E-state index in [1.807, 2.05) is 0 Å². The topological polar surface area (TPSA) is 57.5 Å². The molecular formula is C12H18AlO3. The summed E-state index contributed by atoms with van der Waals surface area (Å²) < 4.78 is 8.17. The summed E-state index contributed by atoms with van der Waals surface area (Å²) in [6, 6.07) is 4.81. The number of aromatic hydroxyl groups is 2. The summed E-state index contributed by atoms with van der Waals surface area (Å²) >= 11 is 1.17. The second kappa shape index (κ2) is 9.38. The van der Waals surface area contributed by atoms with Crippen LogP contribution in [0.4, 0.5) is 0 Å². The molecule has 2 N–H and O–H groups in total. The van der Waals surface area contributed by atoms with Gasteiger partial charge < -0.3 is 10.2 Å². The number of hydrogen-bond acceptors (Lipinski definition) is 3. The van der Waals surface area contributed by atoms with E-state index in [1.165, 1.54) is 41.6 Å². The zero-order chi connectivity index (χ0) is 12.4. The van der Waals surface area contributed by atoms with Crippen LogP contribution in [-0.2, 0) is 10.2 Å². The Bertz CT molecular complexity index is 302. The van der Waals surface area contributed by atoms with E-state index < -0.39 is 0 Å². The van der Waals surface area contributed by atoms with Crippen molar-refractivity contribution in [2.24, 2.45) is 0 Å². The van der Waals surface area contributed by atoms with Crippen LogP contribution < -0.4 is 0 Å². The number of hydrogen-bond donors (Lipinski definition) is 2. The Morgan fingerprint density at radius 3 is 2.38 bits per heavy atom. The van der Waals surface area contributed by atoms with Gasteiger partial charge >= 0.3 is 20.0 Å². The molecule has 87 valence electrons. The molecule has 0 unspecified atom stereocenters. The maximum absolute atomic E-state index is 9.49. The zero-order valence-electron chi connectivity index (χ0n) is 9.65. The fourth-order valence-electron chi connectivity index (χ4n) is 1.51. The molecule has 0 heterocycles. The van der Waals surface area contributed by atoms with Crippen LogP contribution in [0.5, 0.6) is 11.5 Å². The van der Waals surface area contributed by atoms with E-state index in [-0.39, 0.29) is 11.5 Å². The first-order valence-electron chi connectivity index (χ1n) is 5.48. The molecule has 0 atom stereocenters. The van der Waals surface area contributed by atoms with Gasteiger partial charge in [-0.05, 0) is 24.5 Å². The molecular weight excluding hydrogens is 219 g/mol. The molecule has 0 aliphatic carbocycles. The molecule has 1 radical (unpaired) electrons. The summed E-state index contributed by atoms with van der Waals surface area (Å²) in [5.41, 5.74) is 0.930. The first-order valence-corrected chi connectivity index (χ1v) is 5.95. The average Bonchev–Trinajstić information content (AvgIpc) is 2.29. The molecule has 0 saturated heterocycles. The van der Waals surface area contributed by atoms with Gasteiger partial charge in [0.25, 0.3) is 0 Å². The molecule has 1 aromatic carbocycles. The zero-order valence-corrected chi connectivity index (χ0v) is 10.8. The van der Waals surface area contributed by atoms with Crippen molar-refractivity contribution in [1.82, 2.24) is 0 Å². The summed E-state index contributed by atoms with van der Waals surface area (Å²) in [6.07, 6.45) is 5.68. The molecule has 16 heavy (non-hydrogen) atoms. The van der Waals surface area contributed by atoms with Gasteiger partial charge in [0.1, 0.15) is 11.5 Å². The Morgan fingerprint density at radius 1 is 1.12 bits per heavy atom. The molecule has 0 aliphatic rings. The molecule has 3 nitrogen and oxygen atoms in total. The molecule has 0 spiro atoms. The van der Waals surface area contributed by atoms with Crippen LogP contribution in [0, 0.1) is 0 Å². The van der Waals surface area contributed by atoms with Crippen LogP contribution in [0.15, 0.2) is 18.2 Å². The Balaban J connectivity index is 0.00000106. The Labute approximate surface area is 105 Å². The standard InChI is InChI=1S/C12H18O2.Al.O/c1-2-3-4-5-6-10-7-8-11(13)9-12(10)14;;/h7-9,13-14H,2-6H2,1H3;;. The Morgan fingerprint density at radius 2 is 1.81 bits per heavy atom. The van der Waals surface area contributed by atoms with Gasteiger partial charge in [0.15, 0.2) is 0 Å². The first-order chi connectivity index (χ1) is 7.74. The summed E-state index contributed by atoms with van der Waals surface area (Å²) in [4.78, 5) is 0. The van der Waals surface area contributed by atoms with Crippen LogP contribution in [0.2, 0.25) is 0 Å². The second-order valence-corrected chi connectivity index (χ2v) is 3.62. The van der Waals surface area contributed by atoms with E-state index in [2.05, 4.69) is 6.92 Å². The molecule has 0 bridgehead atoms. The fraction of sp³-hybridized carbons (Fsp3) is 0.500. The van der Waals surface area contributed by atoms with Crippen molar-refractivity contribution in [2.75, 3.05) is 0 Å². The quantitative estimate of drug-likeness (QED) is 0.611. The van der Waals surface area contributed by atoms with Crippen molar-refractivity contribution in [3.63, 3.8) is 0 Å². The van der Waals surface area contributed by atoms with E-state index in [0.29, 0.717) is 0 Å². The van der Waals surface area contributed by atoms with E-state index in [9.17, 15) is 5.11 Å². The van der Waals surface area contributed by atoms with Crippen molar-refractivity contribution in [1.29, 1.82) is 0 Å². The normalized spacial score (nSPS) is 9.25. The van der Waals surface area contributed by atoms with Crippen molar-refractivity contribution < 1.29 is 14.0 Å². The average molecular weight is 237 g/mol. The van der Waals surface area contributed by atoms with Crippen LogP contribution in [-0.4, -0.2) is 26.4 Å². The van der Waals surface area contributed by atoms with E-state index in [0.717, 1.165) is 18.4 Å². The molecule has 4 heteroatoms. The monoisotopic (exact) mass is 237 g/mol. The summed E-state index contributed by atoms with van der Waals surface area (Å²) in [7, 11) is 0. The molecule has 0 aliphatic heterocycles. The molecule has 0 aromatic heterocycles. The van der Waals surface area contributed by atoms with Crippen LogP contribution >= 0.6 is 0 Å². The van der Waals surface area contributed by atoms with Gasteiger partial charge in [0.05, 0.1) is 0 Å². The first kappa shape index (κ1) is 15.2. The third-order valence-electron chi connectivity index (χ3n) is 2.37. The van der Waals surface area contributed by atoms with Crippen LogP contribution in [0.3, 0.4) is 0 Å². The molecule has 1 rings (SSSR count). The van der Waals surface area contributed by atoms with Gasteiger partial charge in [-0.25, -0.2) is 0 Å². The number of rotatable bonds is 5. The van der Waals surface area contributed by atoms with Crippen molar-refractivity contribution in [3.8, 4) is 11.5 Å². The molecule has 0 amide bonds. The van der Waals surface area contributed by atoms with Gasteiger partial charge in [-0.2, -0.15) is 0 Å². The molecule has 1 aromatic rings. The number of phenols is 2. The predicted octanol–water partition coefficient (Wildman–Crippen LogP) is 2.72. The second-order valence-electron chi connectivity index (χ2n) is 3.62. The summed E-state index contributed by atoms with van der Waals surface area (Å²) in [5.74, 6) is 0.335. The van der Waals surface area contributed by atoms with Gasteiger partial charge in [0, 0.05) is 6.07 Å². The predicted molar refractivity (Wildman–Crippen MR) is 64.1 cm³/mol. The van der Waals surface area contributed by atoms with Crippen molar-refractivity contribution in [2.45, 2.75) is 39.0 Å². The van der Waals surface area contributed by atoms with Crippen LogP contribution in [0.25, 0.3) is 0 Å². The number of benzene rings is 1. The van der Waals surface area contributed by atoms with Gasteiger partial charge in [0.2, 0.25) is 0 Å². The third kappa shape index (κ3) is 5.89. The molecule has 0 saturated carbocycles. The minimum atomic E-state index is 0.125.